The van der Waals surface area contributed by atoms with Crippen LogP contribution in [0.5, 0.6) is 0 Å². The summed E-state index contributed by atoms with van der Waals surface area (Å²) in [6, 6.07) is 41.5. The highest BCUT2D eigenvalue weighted by atomic mass is 16.2. The van der Waals surface area contributed by atoms with Crippen LogP contribution >= 0.6 is 0 Å². The molecule has 0 atom stereocenters. The summed E-state index contributed by atoms with van der Waals surface area (Å²) in [5.74, 6) is -2.44. The van der Waals surface area contributed by atoms with Gasteiger partial charge in [0.05, 0.1) is 33.6 Å². The molecule has 0 aliphatic carbocycles. The molecule has 9 heteroatoms. The predicted octanol–water partition coefficient (Wildman–Crippen LogP) is 7.56. The molecule has 5 amide bonds. The first-order chi connectivity index (χ1) is 25.7. The van der Waals surface area contributed by atoms with Gasteiger partial charge in [0.2, 0.25) is 0 Å². The first-order valence-electron chi connectivity index (χ1n) is 16.9. The van der Waals surface area contributed by atoms with Gasteiger partial charge in [-0.25, -0.2) is 9.80 Å². The smallest absolute Gasteiger partial charge is 0.266 e. The van der Waals surface area contributed by atoms with Crippen LogP contribution in [0.3, 0.4) is 0 Å². The molecule has 0 unspecified atom stereocenters. The summed E-state index contributed by atoms with van der Waals surface area (Å²) in [5.41, 5.74) is 5.60. The molecule has 6 aromatic carbocycles. The molecule has 0 fully saturated rings. The van der Waals surface area contributed by atoms with Crippen molar-refractivity contribution < 1.29 is 28.8 Å². The number of ketones is 1. The monoisotopic (exact) mass is 695 g/mol. The third kappa shape index (κ3) is 6.21. The van der Waals surface area contributed by atoms with Crippen molar-refractivity contribution in [3.05, 3.63) is 196 Å². The van der Waals surface area contributed by atoms with E-state index in [1.54, 1.807) is 54.6 Å². The van der Waals surface area contributed by atoms with Crippen LogP contribution in [0.2, 0.25) is 0 Å². The Kier molecular flexibility index (Phi) is 8.36. The van der Waals surface area contributed by atoms with Gasteiger partial charge < -0.3 is 5.32 Å². The molecule has 2 heterocycles. The molecule has 0 saturated heterocycles. The van der Waals surface area contributed by atoms with E-state index in [0.29, 0.717) is 29.0 Å². The lowest BCUT2D eigenvalue weighted by Crippen LogP contribution is -2.29. The highest BCUT2D eigenvalue weighted by Crippen LogP contribution is 2.32. The van der Waals surface area contributed by atoms with Gasteiger partial charge in [0.1, 0.15) is 0 Å². The number of imide groups is 2. The molecule has 0 aromatic heterocycles. The Hall–Kier alpha value is -7.26. The Morgan fingerprint density at radius 2 is 0.906 bits per heavy atom. The number of nitrogens with one attached hydrogen (secondary N) is 1. The van der Waals surface area contributed by atoms with Gasteiger partial charge in [0, 0.05) is 23.2 Å². The summed E-state index contributed by atoms with van der Waals surface area (Å²) in [4.78, 5) is 81.3. The van der Waals surface area contributed by atoms with Crippen LogP contribution in [0.1, 0.15) is 78.8 Å². The molecule has 53 heavy (non-hydrogen) atoms. The lowest BCUT2D eigenvalue weighted by atomic mass is 9.99. The summed E-state index contributed by atoms with van der Waals surface area (Å²) in [7, 11) is 0. The van der Waals surface area contributed by atoms with Gasteiger partial charge >= 0.3 is 0 Å². The number of rotatable bonds is 9. The first-order valence-corrected chi connectivity index (χ1v) is 16.9. The van der Waals surface area contributed by atoms with E-state index in [1.807, 2.05) is 60.7 Å². The molecule has 2 aliphatic heterocycles. The topological polar surface area (TPSA) is 121 Å². The van der Waals surface area contributed by atoms with Gasteiger partial charge in [-0.05, 0) is 89.8 Å². The number of para-hydroxylation sites is 1. The molecule has 8 rings (SSSR count). The lowest BCUT2D eigenvalue weighted by molar-refractivity contribution is 0.0910. The SMILES string of the molecule is O=C(Cc1ccccc1)c1ccc2c(c1)C(=O)N(c1ccc(Cc3ccc(N4C(=O)c5ccc(C(=O)Nc6ccccc6)cc5C4=O)cc3)cc1)C2=O. The number of hydrogen-bond acceptors (Lipinski definition) is 6. The molecule has 0 radical (unpaired) electrons. The minimum absolute atomic E-state index is 0.141. The standard InChI is InChI=1S/C44H29N3O6/c48-39(24-27-7-3-1-4-8-27)30-15-21-35-37(25-30)43(52)46(41(35)50)33-17-11-28(12-18-33)23-29-13-19-34(20-14-29)47-42(51)36-22-16-31(26-38(36)44(47)53)40(49)45-32-9-5-2-6-10-32/h1-22,25-26H,23-24H2,(H,45,49). The Bertz CT molecular complexity index is 2300. The Balaban J connectivity index is 0.925. The second-order valence-corrected chi connectivity index (χ2v) is 12.8. The number of Topliss-reactive ketones (excluding diaryl/α,β-unsaturated/α-hetero) is 1. The Labute approximate surface area is 304 Å². The van der Waals surface area contributed by atoms with Crippen molar-refractivity contribution >= 4 is 52.4 Å². The van der Waals surface area contributed by atoms with Gasteiger partial charge in [0.25, 0.3) is 29.5 Å². The van der Waals surface area contributed by atoms with E-state index in [4.69, 9.17) is 0 Å². The fraction of sp³-hybridized carbons (Fsp3) is 0.0455. The van der Waals surface area contributed by atoms with Gasteiger partial charge in [-0.3, -0.25) is 28.8 Å². The van der Waals surface area contributed by atoms with Crippen molar-refractivity contribution in [2.45, 2.75) is 12.8 Å². The zero-order valence-electron chi connectivity index (χ0n) is 28.1. The number of carbonyl (C=O) groups excluding carboxylic acids is 6. The van der Waals surface area contributed by atoms with Crippen LogP contribution in [0.25, 0.3) is 0 Å². The van der Waals surface area contributed by atoms with Crippen molar-refractivity contribution in [2.24, 2.45) is 0 Å². The maximum absolute atomic E-state index is 13.4. The predicted molar refractivity (Wildman–Crippen MR) is 200 cm³/mol. The third-order valence-corrected chi connectivity index (χ3v) is 9.39. The molecule has 0 saturated carbocycles. The summed E-state index contributed by atoms with van der Waals surface area (Å²) >= 11 is 0. The second-order valence-electron chi connectivity index (χ2n) is 12.8. The number of nitrogens with zero attached hydrogens (tertiary/aromatic N) is 2. The molecule has 1 N–H and O–H groups in total. The van der Waals surface area contributed by atoms with Crippen molar-refractivity contribution in [2.75, 3.05) is 15.1 Å². The maximum Gasteiger partial charge on any atom is 0.266 e. The van der Waals surface area contributed by atoms with Crippen LogP contribution in [0.4, 0.5) is 17.1 Å². The van der Waals surface area contributed by atoms with Crippen LogP contribution in [-0.2, 0) is 12.8 Å². The zero-order chi connectivity index (χ0) is 36.6. The number of anilines is 3. The molecule has 256 valence electrons. The van der Waals surface area contributed by atoms with Crippen molar-refractivity contribution in [3.63, 3.8) is 0 Å². The van der Waals surface area contributed by atoms with Gasteiger partial charge in [0.15, 0.2) is 5.78 Å². The van der Waals surface area contributed by atoms with E-state index in [0.717, 1.165) is 26.5 Å². The van der Waals surface area contributed by atoms with Crippen molar-refractivity contribution in [1.82, 2.24) is 0 Å². The Morgan fingerprint density at radius 1 is 0.453 bits per heavy atom. The average Bonchev–Trinajstić information content (AvgIpc) is 3.59. The molecular weight excluding hydrogens is 666 g/mol. The first kappa shape index (κ1) is 32.9. The van der Waals surface area contributed by atoms with Crippen LogP contribution in [0.15, 0.2) is 146 Å². The summed E-state index contributed by atoms with van der Waals surface area (Å²) < 4.78 is 0. The fourth-order valence-electron chi connectivity index (χ4n) is 6.63. The van der Waals surface area contributed by atoms with E-state index in [-0.39, 0.29) is 45.9 Å². The number of carbonyl (C=O) groups is 6. The van der Waals surface area contributed by atoms with Crippen molar-refractivity contribution in [1.29, 1.82) is 0 Å². The average molecular weight is 696 g/mol. The Morgan fingerprint density at radius 3 is 1.43 bits per heavy atom. The van der Waals surface area contributed by atoms with E-state index in [9.17, 15) is 28.8 Å². The zero-order valence-corrected chi connectivity index (χ0v) is 28.1. The molecule has 9 nitrogen and oxygen atoms in total. The fourth-order valence-corrected chi connectivity index (χ4v) is 6.63. The van der Waals surface area contributed by atoms with Gasteiger partial charge in [-0.2, -0.15) is 0 Å². The third-order valence-electron chi connectivity index (χ3n) is 9.39. The van der Waals surface area contributed by atoms with Crippen molar-refractivity contribution in [3.8, 4) is 0 Å². The van der Waals surface area contributed by atoms with E-state index in [2.05, 4.69) is 5.32 Å². The normalized spacial score (nSPS) is 13.3. The van der Waals surface area contributed by atoms with Crippen LogP contribution in [-0.4, -0.2) is 35.3 Å². The number of amides is 5. The minimum Gasteiger partial charge on any atom is -0.322 e. The summed E-state index contributed by atoms with van der Waals surface area (Å²) in [5, 5.41) is 2.79. The lowest BCUT2D eigenvalue weighted by Gasteiger charge is -2.15. The van der Waals surface area contributed by atoms with E-state index in [1.165, 1.54) is 30.3 Å². The second kappa shape index (κ2) is 13.5. The number of benzene rings is 6. The van der Waals surface area contributed by atoms with E-state index >= 15 is 0 Å². The van der Waals surface area contributed by atoms with Gasteiger partial charge in [-0.15, -0.1) is 0 Å². The minimum atomic E-state index is -0.508. The quantitative estimate of drug-likeness (QED) is 0.123. The van der Waals surface area contributed by atoms with E-state index < -0.39 is 23.6 Å². The van der Waals surface area contributed by atoms with Gasteiger partial charge in [-0.1, -0.05) is 78.9 Å². The molecule has 0 spiro atoms. The summed E-state index contributed by atoms with van der Waals surface area (Å²) in [6.45, 7) is 0. The number of fused-ring (bicyclic) bond motifs is 2. The maximum atomic E-state index is 13.4. The molecule has 0 bridgehead atoms. The van der Waals surface area contributed by atoms with Crippen LogP contribution < -0.4 is 15.1 Å². The van der Waals surface area contributed by atoms with Crippen LogP contribution in [0, 0.1) is 0 Å². The molecule has 2 aliphatic rings. The highest BCUT2D eigenvalue weighted by molar-refractivity contribution is 6.35. The molecule has 6 aromatic rings. The highest BCUT2D eigenvalue weighted by Gasteiger charge is 2.38. The summed E-state index contributed by atoms with van der Waals surface area (Å²) in [6.07, 6.45) is 0.702. The number of hydrogen-bond donors (Lipinski definition) is 1. The largest absolute Gasteiger partial charge is 0.322 e. The molecular formula is C44H29N3O6.